The van der Waals surface area contributed by atoms with E-state index < -0.39 is 10.8 Å². The summed E-state index contributed by atoms with van der Waals surface area (Å²) < 4.78 is 5.74. The minimum absolute atomic E-state index is 0.0344. The van der Waals surface area contributed by atoms with E-state index >= 15 is 0 Å². The second kappa shape index (κ2) is 6.49. The first-order chi connectivity index (χ1) is 12.5. The summed E-state index contributed by atoms with van der Waals surface area (Å²) >= 11 is 1.13. The second-order valence-electron chi connectivity index (χ2n) is 6.47. The normalized spacial score (nSPS) is 23.3. The summed E-state index contributed by atoms with van der Waals surface area (Å²) in [5, 5.41) is 13.7. The van der Waals surface area contributed by atoms with E-state index in [1.807, 2.05) is 0 Å². The van der Waals surface area contributed by atoms with Crippen molar-refractivity contribution in [2.24, 2.45) is 17.8 Å². The maximum atomic E-state index is 12.1. The summed E-state index contributed by atoms with van der Waals surface area (Å²) in [6.07, 6.45) is 5.97. The van der Waals surface area contributed by atoms with Crippen LogP contribution in [0, 0.1) is 27.9 Å². The largest absolute Gasteiger partial charge is 0.455 e. The molecule has 1 N–H and O–H groups in total. The number of benzene rings is 1. The van der Waals surface area contributed by atoms with Gasteiger partial charge in [0.1, 0.15) is 0 Å². The highest BCUT2D eigenvalue weighted by Gasteiger charge is 2.40. The standard InChI is InChI=1S/C17H15N3O5S/c21-15(8-25-16(22)12-6-9-1-2-10(12)5-9)19-17-18-13-4-3-11(20(23)24)7-14(13)26-17/h1-4,7,9-10,12H,5-6,8H2,(H,18,19,21). The number of carbonyl (C=O) groups excluding carboxylic acids is 2. The monoisotopic (exact) mass is 373 g/mol. The Kier molecular flexibility index (Phi) is 4.15. The van der Waals surface area contributed by atoms with Gasteiger partial charge in [-0.25, -0.2) is 4.98 Å². The Balaban J connectivity index is 1.34. The molecule has 1 aromatic heterocycles. The van der Waals surface area contributed by atoms with E-state index in [1.165, 1.54) is 18.2 Å². The van der Waals surface area contributed by atoms with Crippen LogP contribution in [0.2, 0.25) is 0 Å². The lowest BCUT2D eigenvalue weighted by Gasteiger charge is -2.16. The lowest BCUT2D eigenvalue weighted by Crippen LogP contribution is -2.26. The number of esters is 1. The molecule has 2 aromatic rings. The molecular formula is C17H15N3O5S. The van der Waals surface area contributed by atoms with E-state index in [2.05, 4.69) is 22.5 Å². The average molecular weight is 373 g/mol. The third-order valence-electron chi connectivity index (χ3n) is 4.76. The smallest absolute Gasteiger partial charge is 0.310 e. The second-order valence-corrected chi connectivity index (χ2v) is 7.50. The number of hydrogen-bond donors (Lipinski definition) is 1. The number of aromatic nitrogens is 1. The molecule has 0 radical (unpaired) electrons. The van der Waals surface area contributed by atoms with Gasteiger partial charge in [0.25, 0.3) is 11.6 Å². The Morgan fingerprint density at radius 2 is 2.19 bits per heavy atom. The summed E-state index contributed by atoms with van der Waals surface area (Å²) in [5.74, 6) is -0.280. The molecule has 0 aliphatic heterocycles. The number of carbonyl (C=O) groups is 2. The number of hydrogen-bond acceptors (Lipinski definition) is 7. The molecule has 1 aromatic carbocycles. The van der Waals surface area contributed by atoms with Crippen LogP contribution in [0.15, 0.2) is 30.4 Å². The number of non-ortho nitro benzene ring substituents is 1. The van der Waals surface area contributed by atoms with E-state index in [0.717, 1.165) is 24.2 Å². The summed E-state index contributed by atoms with van der Waals surface area (Å²) in [7, 11) is 0. The summed E-state index contributed by atoms with van der Waals surface area (Å²) in [6.45, 7) is -0.369. The molecule has 134 valence electrons. The topological polar surface area (TPSA) is 111 Å². The van der Waals surface area contributed by atoms with Gasteiger partial charge in [-0.05, 0) is 30.7 Å². The van der Waals surface area contributed by atoms with Gasteiger partial charge in [0.2, 0.25) is 0 Å². The van der Waals surface area contributed by atoms with Crippen molar-refractivity contribution in [3.63, 3.8) is 0 Å². The molecule has 1 fully saturated rings. The Morgan fingerprint density at radius 3 is 2.88 bits per heavy atom. The molecule has 1 amide bonds. The van der Waals surface area contributed by atoms with Crippen LogP contribution in [0.1, 0.15) is 12.8 Å². The fourth-order valence-electron chi connectivity index (χ4n) is 3.53. The van der Waals surface area contributed by atoms with Gasteiger partial charge in [-0.2, -0.15) is 0 Å². The number of amides is 1. The number of nitrogens with one attached hydrogen (secondary N) is 1. The number of nitro benzene ring substituents is 1. The van der Waals surface area contributed by atoms with Crippen molar-refractivity contribution in [2.45, 2.75) is 12.8 Å². The Bertz CT molecular complexity index is 938. The SMILES string of the molecule is O=C(COC(=O)C1CC2C=CC1C2)Nc1nc2ccc([N+](=O)[O-])cc2s1. The molecule has 8 nitrogen and oxygen atoms in total. The Labute approximate surface area is 152 Å². The fourth-order valence-corrected chi connectivity index (χ4v) is 4.45. The molecule has 3 atom stereocenters. The number of thiazole rings is 1. The first kappa shape index (κ1) is 16.6. The van der Waals surface area contributed by atoms with Crippen molar-refractivity contribution < 1.29 is 19.2 Å². The molecule has 2 aliphatic carbocycles. The van der Waals surface area contributed by atoms with Gasteiger partial charge in [0.05, 0.1) is 21.1 Å². The molecular weight excluding hydrogens is 358 g/mol. The predicted molar refractivity (Wildman–Crippen MR) is 94.7 cm³/mol. The number of nitro groups is 1. The Morgan fingerprint density at radius 1 is 1.35 bits per heavy atom. The lowest BCUT2D eigenvalue weighted by atomic mass is 9.94. The summed E-state index contributed by atoms with van der Waals surface area (Å²) in [6, 6.07) is 4.30. The van der Waals surface area contributed by atoms with Crippen molar-refractivity contribution in [1.29, 1.82) is 0 Å². The first-order valence-electron chi connectivity index (χ1n) is 8.19. The number of allylic oxidation sites excluding steroid dienone is 2. The zero-order chi connectivity index (χ0) is 18.3. The molecule has 26 heavy (non-hydrogen) atoms. The summed E-state index contributed by atoms with van der Waals surface area (Å²) in [4.78, 5) is 38.6. The average Bonchev–Trinajstić information content (AvgIpc) is 3.33. The molecule has 0 saturated heterocycles. The molecule has 1 saturated carbocycles. The van der Waals surface area contributed by atoms with Crippen LogP contribution in [-0.4, -0.2) is 28.4 Å². The van der Waals surface area contributed by atoms with E-state index in [0.29, 0.717) is 21.3 Å². The van der Waals surface area contributed by atoms with Crippen LogP contribution >= 0.6 is 11.3 Å². The molecule has 1 heterocycles. The molecule has 9 heteroatoms. The summed E-state index contributed by atoms with van der Waals surface area (Å²) in [5.41, 5.74) is 0.523. The van der Waals surface area contributed by atoms with Crippen molar-refractivity contribution in [3.05, 3.63) is 40.5 Å². The number of rotatable bonds is 5. The van der Waals surface area contributed by atoms with Crippen LogP contribution in [0.25, 0.3) is 10.2 Å². The highest BCUT2D eigenvalue weighted by molar-refractivity contribution is 7.22. The van der Waals surface area contributed by atoms with Gasteiger partial charge in [-0.3, -0.25) is 25.0 Å². The fraction of sp³-hybridized carbons (Fsp3) is 0.353. The van der Waals surface area contributed by atoms with Crippen molar-refractivity contribution in [2.75, 3.05) is 11.9 Å². The van der Waals surface area contributed by atoms with Crippen molar-refractivity contribution >= 4 is 44.2 Å². The maximum Gasteiger partial charge on any atom is 0.310 e. The molecule has 2 bridgehead atoms. The van der Waals surface area contributed by atoms with Crippen LogP contribution in [0.5, 0.6) is 0 Å². The van der Waals surface area contributed by atoms with E-state index in [1.54, 1.807) is 0 Å². The number of nitrogens with zero attached hydrogens (tertiary/aromatic N) is 2. The molecule has 2 aliphatic rings. The van der Waals surface area contributed by atoms with Gasteiger partial charge in [-0.15, -0.1) is 0 Å². The van der Waals surface area contributed by atoms with Crippen LogP contribution in [0.3, 0.4) is 0 Å². The number of fused-ring (bicyclic) bond motifs is 3. The van der Waals surface area contributed by atoms with Crippen LogP contribution < -0.4 is 5.32 Å². The van der Waals surface area contributed by atoms with E-state index in [4.69, 9.17) is 4.74 Å². The van der Waals surface area contributed by atoms with Gasteiger partial charge in [0, 0.05) is 12.1 Å². The lowest BCUT2D eigenvalue weighted by molar-refractivity contribution is -0.384. The van der Waals surface area contributed by atoms with Gasteiger partial charge in [-0.1, -0.05) is 23.5 Å². The minimum Gasteiger partial charge on any atom is -0.455 e. The van der Waals surface area contributed by atoms with Crippen LogP contribution in [-0.2, 0) is 14.3 Å². The van der Waals surface area contributed by atoms with Gasteiger partial charge in [0.15, 0.2) is 11.7 Å². The molecule has 4 rings (SSSR count). The van der Waals surface area contributed by atoms with Crippen molar-refractivity contribution in [1.82, 2.24) is 4.98 Å². The minimum atomic E-state index is -0.484. The third kappa shape index (κ3) is 3.17. The Hall–Kier alpha value is -2.81. The molecule has 0 spiro atoms. The van der Waals surface area contributed by atoms with E-state index in [9.17, 15) is 19.7 Å². The highest BCUT2D eigenvalue weighted by Crippen LogP contribution is 2.43. The quantitative estimate of drug-likeness (QED) is 0.373. The number of ether oxygens (including phenoxy) is 1. The molecule has 3 unspecified atom stereocenters. The third-order valence-corrected chi connectivity index (χ3v) is 5.69. The van der Waals surface area contributed by atoms with E-state index in [-0.39, 0.29) is 30.1 Å². The first-order valence-corrected chi connectivity index (χ1v) is 9.01. The highest BCUT2D eigenvalue weighted by atomic mass is 32.1. The predicted octanol–water partition coefficient (Wildman–Crippen LogP) is 2.90. The van der Waals surface area contributed by atoms with Gasteiger partial charge < -0.3 is 4.74 Å². The van der Waals surface area contributed by atoms with Crippen molar-refractivity contribution in [3.8, 4) is 0 Å². The maximum absolute atomic E-state index is 12.1. The van der Waals surface area contributed by atoms with Gasteiger partial charge >= 0.3 is 5.97 Å². The zero-order valence-electron chi connectivity index (χ0n) is 13.6. The number of anilines is 1. The zero-order valence-corrected chi connectivity index (χ0v) is 14.4. The van der Waals surface area contributed by atoms with Crippen LogP contribution in [0.4, 0.5) is 10.8 Å².